The zero-order chi connectivity index (χ0) is 13.7. The number of hydrogen-bond donors (Lipinski definition) is 2. The van der Waals surface area contributed by atoms with Gasteiger partial charge >= 0.3 is 0 Å². The Morgan fingerprint density at radius 1 is 1.21 bits per heavy atom. The number of nitrogens with zero attached hydrogens (tertiary/aromatic N) is 1. The smallest absolute Gasteiger partial charge is 0.279 e. The van der Waals surface area contributed by atoms with E-state index in [4.69, 9.17) is 9.84 Å². The van der Waals surface area contributed by atoms with Gasteiger partial charge in [0.25, 0.3) is 10.2 Å². The SMILES string of the molecule is O=S(=O)(NCCC1CCOC1)N1CCC(CO)CC1. The molecule has 0 aliphatic carbocycles. The Bertz CT molecular complexity index is 360. The molecule has 0 aromatic rings. The van der Waals surface area contributed by atoms with Gasteiger partial charge in [-0.2, -0.15) is 12.7 Å². The second kappa shape index (κ2) is 6.99. The lowest BCUT2D eigenvalue weighted by Gasteiger charge is -2.30. The average molecular weight is 292 g/mol. The van der Waals surface area contributed by atoms with Crippen molar-refractivity contribution < 1.29 is 18.3 Å². The van der Waals surface area contributed by atoms with Gasteiger partial charge in [-0.05, 0) is 37.5 Å². The summed E-state index contributed by atoms with van der Waals surface area (Å²) in [5.41, 5.74) is 0. The first kappa shape index (κ1) is 15.2. The molecular formula is C12H24N2O4S. The fourth-order valence-corrected chi connectivity index (χ4v) is 3.88. The highest BCUT2D eigenvalue weighted by Crippen LogP contribution is 2.19. The van der Waals surface area contributed by atoms with E-state index in [-0.39, 0.29) is 12.5 Å². The Kier molecular flexibility index (Phi) is 5.58. The van der Waals surface area contributed by atoms with Gasteiger partial charge in [0.05, 0.1) is 0 Å². The molecule has 7 heteroatoms. The van der Waals surface area contributed by atoms with Gasteiger partial charge in [-0.3, -0.25) is 0 Å². The van der Waals surface area contributed by atoms with Crippen molar-refractivity contribution in [3.63, 3.8) is 0 Å². The van der Waals surface area contributed by atoms with Crippen LogP contribution in [-0.4, -0.2) is 57.3 Å². The quantitative estimate of drug-likeness (QED) is 0.719. The van der Waals surface area contributed by atoms with Crippen LogP contribution in [0.5, 0.6) is 0 Å². The van der Waals surface area contributed by atoms with Crippen molar-refractivity contribution >= 4 is 10.2 Å². The van der Waals surface area contributed by atoms with Crippen LogP contribution in [0.15, 0.2) is 0 Å². The van der Waals surface area contributed by atoms with E-state index in [1.54, 1.807) is 0 Å². The zero-order valence-corrected chi connectivity index (χ0v) is 12.1. The summed E-state index contributed by atoms with van der Waals surface area (Å²) in [6, 6.07) is 0. The molecule has 2 saturated heterocycles. The monoisotopic (exact) mass is 292 g/mol. The lowest BCUT2D eigenvalue weighted by atomic mass is 10.00. The van der Waals surface area contributed by atoms with E-state index in [0.717, 1.165) is 38.9 Å². The molecule has 2 heterocycles. The number of aliphatic hydroxyl groups is 1. The Labute approximate surface area is 115 Å². The predicted octanol–water partition coefficient (Wildman–Crippen LogP) is -0.0483. The Morgan fingerprint density at radius 3 is 2.53 bits per heavy atom. The molecule has 2 aliphatic heterocycles. The van der Waals surface area contributed by atoms with E-state index in [0.29, 0.717) is 25.6 Å². The molecule has 6 nitrogen and oxygen atoms in total. The molecule has 1 atom stereocenters. The fourth-order valence-electron chi connectivity index (χ4n) is 2.63. The van der Waals surface area contributed by atoms with Crippen LogP contribution >= 0.6 is 0 Å². The first-order valence-electron chi connectivity index (χ1n) is 7.05. The third kappa shape index (κ3) is 4.39. The molecule has 0 aromatic carbocycles. The molecule has 2 N–H and O–H groups in total. The first-order valence-corrected chi connectivity index (χ1v) is 8.49. The van der Waals surface area contributed by atoms with Crippen LogP contribution in [0.3, 0.4) is 0 Å². The van der Waals surface area contributed by atoms with Crippen LogP contribution in [-0.2, 0) is 14.9 Å². The molecule has 2 rings (SSSR count). The maximum Gasteiger partial charge on any atom is 0.279 e. The van der Waals surface area contributed by atoms with Gasteiger partial charge in [-0.1, -0.05) is 0 Å². The van der Waals surface area contributed by atoms with E-state index in [1.807, 2.05) is 0 Å². The zero-order valence-electron chi connectivity index (χ0n) is 11.3. The van der Waals surface area contributed by atoms with Crippen molar-refractivity contribution in [2.24, 2.45) is 11.8 Å². The van der Waals surface area contributed by atoms with Gasteiger partial charge in [0.2, 0.25) is 0 Å². The van der Waals surface area contributed by atoms with Crippen molar-refractivity contribution in [2.75, 3.05) is 39.5 Å². The summed E-state index contributed by atoms with van der Waals surface area (Å²) in [7, 11) is -3.35. The van der Waals surface area contributed by atoms with Crippen LogP contribution in [0.1, 0.15) is 25.7 Å². The number of hydrogen-bond acceptors (Lipinski definition) is 4. The van der Waals surface area contributed by atoms with Gasteiger partial charge in [-0.15, -0.1) is 0 Å². The highest BCUT2D eigenvalue weighted by molar-refractivity contribution is 7.87. The number of aliphatic hydroxyl groups excluding tert-OH is 1. The van der Waals surface area contributed by atoms with Gasteiger partial charge in [0.1, 0.15) is 0 Å². The average Bonchev–Trinajstić information content (AvgIpc) is 2.92. The molecular weight excluding hydrogens is 268 g/mol. The minimum Gasteiger partial charge on any atom is -0.396 e. The van der Waals surface area contributed by atoms with Gasteiger partial charge in [0.15, 0.2) is 0 Å². The van der Waals surface area contributed by atoms with Crippen LogP contribution in [0.25, 0.3) is 0 Å². The first-order chi connectivity index (χ1) is 9.12. The normalized spacial score (nSPS) is 26.9. The van der Waals surface area contributed by atoms with Gasteiger partial charge in [-0.25, -0.2) is 4.72 Å². The number of nitrogens with one attached hydrogen (secondary N) is 1. The van der Waals surface area contributed by atoms with E-state index in [1.165, 1.54) is 4.31 Å². The van der Waals surface area contributed by atoms with Crippen molar-refractivity contribution in [1.82, 2.24) is 9.03 Å². The second-order valence-corrected chi connectivity index (χ2v) is 7.20. The Morgan fingerprint density at radius 2 is 1.95 bits per heavy atom. The van der Waals surface area contributed by atoms with Crippen LogP contribution in [0, 0.1) is 11.8 Å². The standard InChI is InChI=1S/C12H24N2O4S/c15-9-11-2-6-14(7-3-11)19(16,17)13-5-1-12-4-8-18-10-12/h11-13,15H,1-10H2. The maximum absolute atomic E-state index is 12.1. The summed E-state index contributed by atoms with van der Waals surface area (Å²) in [5.74, 6) is 0.741. The predicted molar refractivity (Wildman–Crippen MR) is 71.8 cm³/mol. The van der Waals surface area contributed by atoms with E-state index in [2.05, 4.69) is 4.72 Å². The van der Waals surface area contributed by atoms with E-state index in [9.17, 15) is 8.42 Å². The van der Waals surface area contributed by atoms with Crippen LogP contribution < -0.4 is 4.72 Å². The van der Waals surface area contributed by atoms with Crippen LogP contribution in [0.4, 0.5) is 0 Å². The molecule has 1 unspecified atom stereocenters. The minimum atomic E-state index is -3.35. The van der Waals surface area contributed by atoms with Crippen molar-refractivity contribution in [3.05, 3.63) is 0 Å². The minimum absolute atomic E-state index is 0.156. The summed E-state index contributed by atoms with van der Waals surface area (Å²) in [5, 5.41) is 9.05. The fraction of sp³-hybridized carbons (Fsp3) is 1.00. The van der Waals surface area contributed by atoms with Crippen LogP contribution in [0.2, 0.25) is 0 Å². The van der Waals surface area contributed by atoms with Gasteiger partial charge < -0.3 is 9.84 Å². The Hall–Kier alpha value is -0.210. The molecule has 0 spiro atoms. The molecule has 0 bridgehead atoms. The summed E-state index contributed by atoms with van der Waals surface area (Å²) >= 11 is 0. The number of ether oxygens (including phenoxy) is 1. The molecule has 112 valence electrons. The molecule has 19 heavy (non-hydrogen) atoms. The number of piperidine rings is 1. The van der Waals surface area contributed by atoms with Gasteiger partial charge in [0, 0.05) is 39.5 Å². The topological polar surface area (TPSA) is 78.9 Å². The molecule has 0 aromatic heterocycles. The molecule has 0 amide bonds. The molecule has 2 fully saturated rings. The largest absolute Gasteiger partial charge is 0.396 e. The third-order valence-electron chi connectivity index (χ3n) is 4.03. The maximum atomic E-state index is 12.1. The van der Waals surface area contributed by atoms with Crippen molar-refractivity contribution in [2.45, 2.75) is 25.7 Å². The lowest BCUT2D eigenvalue weighted by molar-refractivity contribution is 0.169. The second-order valence-electron chi connectivity index (χ2n) is 5.44. The summed E-state index contributed by atoms with van der Waals surface area (Å²) in [4.78, 5) is 0. The highest BCUT2D eigenvalue weighted by atomic mass is 32.2. The lowest BCUT2D eigenvalue weighted by Crippen LogP contribution is -2.45. The third-order valence-corrected chi connectivity index (χ3v) is 5.65. The molecule has 0 saturated carbocycles. The van der Waals surface area contributed by atoms with E-state index < -0.39 is 10.2 Å². The Balaban J connectivity index is 1.72. The van der Waals surface area contributed by atoms with Crippen molar-refractivity contribution in [1.29, 1.82) is 0 Å². The summed E-state index contributed by atoms with van der Waals surface area (Å²) in [6.07, 6.45) is 3.36. The number of rotatable bonds is 6. The van der Waals surface area contributed by atoms with Crippen molar-refractivity contribution in [3.8, 4) is 0 Å². The molecule has 0 radical (unpaired) electrons. The van der Waals surface area contributed by atoms with E-state index >= 15 is 0 Å². The summed E-state index contributed by atoms with van der Waals surface area (Å²) < 4.78 is 33.6. The molecule has 2 aliphatic rings. The summed E-state index contributed by atoms with van der Waals surface area (Å²) in [6.45, 7) is 3.20. The highest BCUT2D eigenvalue weighted by Gasteiger charge is 2.27.